The van der Waals surface area contributed by atoms with Gasteiger partial charge in [0.25, 0.3) is 0 Å². The maximum atomic E-state index is 5.75. The van der Waals surface area contributed by atoms with Gasteiger partial charge in [-0.1, -0.05) is 0 Å². The van der Waals surface area contributed by atoms with Crippen LogP contribution in [0.4, 0.5) is 0 Å². The lowest BCUT2D eigenvalue weighted by atomic mass is 10.1. The Hall–Kier alpha value is -2.21. The summed E-state index contributed by atoms with van der Waals surface area (Å²) in [6, 6.07) is 2.00. The minimum absolute atomic E-state index is 0.0639. The first-order valence-electron chi connectivity index (χ1n) is 6.86. The zero-order valence-electron chi connectivity index (χ0n) is 11.0. The highest BCUT2D eigenvalue weighted by molar-refractivity contribution is 5.92. The molecule has 0 amide bonds. The second kappa shape index (κ2) is 4.72. The third-order valence-electron chi connectivity index (χ3n) is 3.70. The quantitative estimate of drug-likeness (QED) is 0.776. The number of hydrogen-bond donors (Lipinski definition) is 1. The summed E-state index contributed by atoms with van der Waals surface area (Å²) >= 11 is 0. The van der Waals surface area contributed by atoms with Crippen molar-refractivity contribution in [2.24, 2.45) is 0 Å². The van der Waals surface area contributed by atoms with E-state index < -0.39 is 0 Å². The fourth-order valence-electron chi connectivity index (χ4n) is 2.64. The van der Waals surface area contributed by atoms with E-state index in [-0.39, 0.29) is 6.23 Å². The lowest BCUT2D eigenvalue weighted by molar-refractivity contribution is -0.0393. The van der Waals surface area contributed by atoms with Crippen molar-refractivity contribution in [3.63, 3.8) is 0 Å². The Balaban J connectivity index is 1.72. The number of aromatic amines is 1. The smallest absolute Gasteiger partial charge is 0.150 e. The molecule has 4 heterocycles. The molecule has 0 aromatic carbocycles. The average molecular weight is 269 g/mol. The molecule has 6 nitrogen and oxygen atoms in total. The van der Waals surface area contributed by atoms with Crippen LogP contribution in [0.1, 0.15) is 25.5 Å². The third kappa shape index (κ3) is 1.89. The number of rotatable bonds is 2. The highest BCUT2D eigenvalue weighted by Crippen LogP contribution is 2.27. The topological polar surface area (TPSA) is 68.6 Å². The summed E-state index contributed by atoms with van der Waals surface area (Å²) in [6.07, 6.45) is 10.8. The van der Waals surface area contributed by atoms with Crippen molar-refractivity contribution in [2.75, 3.05) is 6.61 Å². The number of H-pyrrole nitrogens is 1. The molecule has 0 aliphatic carbocycles. The average Bonchev–Trinajstić information content (AvgIpc) is 3.17. The first-order chi connectivity index (χ1) is 9.92. The van der Waals surface area contributed by atoms with Crippen LogP contribution in [0.5, 0.6) is 0 Å². The molecule has 3 aromatic heterocycles. The third-order valence-corrected chi connectivity index (χ3v) is 3.70. The molecule has 4 rings (SSSR count). The monoisotopic (exact) mass is 269 g/mol. The van der Waals surface area contributed by atoms with Gasteiger partial charge in [0.2, 0.25) is 0 Å². The lowest BCUT2D eigenvalue weighted by Gasteiger charge is -2.22. The van der Waals surface area contributed by atoms with E-state index in [1.165, 1.54) is 6.42 Å². The van der Waals surface area contributed by atoms with Crippen LogP contribution < -0.4 is 0 Å². The SMILES string of the molecule is c1cn(C2CCCCO2)nc1-c1cncc2[nH]ncc12. The number of pyridine rings is 1. The highest BCUT2D eigenvalue weighted by Gasteiger charge is 2.17. The fourth-order valence-corrected chi connectivity index (χ4v) is 2.64. The van der Waals surface area contributed by atoms with Gasteiger partial charge in [0, 0.05) is 30.0 Å². The second-order valence-electron chi connectivity index (χ2n) is 5.02. The van der Waals surface area contributed by atoms with Gasteiger partial charge in [0.15, 0.2) is 0 Å². The molecule has 0 bridgehead atoms. The number of fused-ring (bicyclic) bond motifs is 1. The van der Waals surface area contributed by atoms with Gasteiger partial charge in [-0.3, -0.25) is 10.1 Å². The van der Waals surface area contributed by atoms with Crippen LogP contribution in [0.3, 0.4) is 0 Å². The van der Waals surface area contributed by atoms with E-state index >= 15 is 0 Å². The Bertz CT molecular complexity index is 726. The predicted molar refractivity (Wildman–Crippen MR) is 73.9 cm³/mol. The molecule has 1 atom stereocenters. The van der Waals surface area contributed by atoms with Crippen molar-refractivity contribution in [1.82, 2.24) is 25.0 Å². The van der Waals surface area contributed by atoms with E-state index in [0.29, 0.717) is 0 Å². The molecule has 0 spiro atoms. The maximum Gasteiger partial charge on any atom is 0.150 e. The van der Waals surface area contributed by atoms with E-state index in [1.54, 1.807) is 6.20 Å². The number of aromatic nitrogens is 5. The highest BCUT2D eigenvalue weighted by atomic mass is 16.5. The number of ether oxygens (including phenoxy) is 1. The van der Waals surface area contributed by atoms with E-state index in [0.717, 1.165) is 41.6 Å². The number of nitrogens with zero attached hydrogens (tertiary/aromatic N) is 4. The number of hydrogen-bond acceptors (Lipinski definition) is 4. The molecule has 0 saturated carbocycles. The van der Waals surface area contributed by atoms with Gasteiger partial charge < -0.3 is 4.74 Å². The molecule has 1 fully saturated rings. The van der Waals surface area contributed by atoms with Crippen LogP contribution in [0.25, 0.3) is 22.2 Å². The Morgan fingerprint density at radius 2 is 2.25 bits per heavy atom. The molecule has 20 heavy (non-hydrogen) atoms. The summed E-state index contributed by atoms with van der Waals surface area (Å²) in [4.78, 5) is 4.23. The predicted octanol–water partition coefficient (Wildman–Crippen LogP) is 2.52. The standard InChI is InChI=1S/C14H15N5O/c1-2-6-20-14(3-1)19-5-4-12(18-19)10-7-15-9-13-11(10)8-16-17-13/h4-5,7-9,14H,1-3,6H2,(H,16,17). The van der Waals surface area contributed by atoms with Crippen molar-refractivity contribution >= 4 is 10.9 Å². The molecule has 3 aromatic rings. The first kappa shape index (κ1) is 11.6. The van der Waals surface area contributed by atoms with Gasteiger partial charge in [-0.25, -0.2) is 4.68 Å². The minimum Gasteiger partial charge on any atom is -0.357 e. The molecule has 102 valence electrons. The minimum atomic E-state index is 0.0639. The molecular weight excluding hydrogens is 254 g/mol. The summed E-state index contributed by atoms with van der Waals surface area (Å²) in [5, 5.41) is 12.7. The van der Waals surface area contributed by atoms with Gasteiger partial charge in [-0.15, -0.1) is 0 Å². The van der Waals surface area contributed by atoms with E-state index in [2.05, 4.69) is 20.3 Å². The van der Waals surface area contributed by atoms with Crippen molar-refractivity contribution in [2.45, 2.75) is 25.5 Å². The summed E-state index contributed by atoms with van der Waals surface area (Å²) < 4.78 is 7.66. The molecule has 1 aliphatic heterocycles. The van der Waals surface area contributed by atoms with Gasteiger partial charge >= 0.3 is 0 Å². The van der Waals surface area contributed by atoms with Crippen molar-refractivity contribution < 1.29 is 4.74 Å². The zero-order chi connectivity index (χ0) is 13.4. The molecule has 6 heteroatoms. The Kier molecular flexibility index (Phi) is 2.74. The first-order valence-corrected chi connectivity index (χ1v) is 6.86. The van der Waals surface area contributed by atoms with Crippen molar-refractivity contribution in [3.8, 4) is 11.3 Å². The van der Waals surface area contributed by atoms with E-state index in [1.807, 2.05) is 29.3 Å². The summed E-state index contributed by atoms with van der Waals surface area (Å²) in [6.45, 7) is 0.818. The molecule has 1 saturated heterocycles. The fraction of sp³-hybridized carbons (Fsp3) is 0.357. The molecular formula is C14H15N5O. The van der Waals surface area contributed by atoms with Gasteiger partial charge in [0.1, 0.15) is 6.23 Å². The van der Waals surface area contributed by atoms with Gasteiger partial charge in [-0.05, 0) is 25.3 Å². The normalized spacial score (nSPS) is 19.5. The molecule has 1 unspecified atom stereocenters. The summed E-state index contributed by atoms with van der Waals surface area (Å²) in [7, 11) is 0. The summed E-state index contributed by atoms with van der Waals surface area (Å²) in [5.74, 6) is 0. The Morgan fingerprint density at radius 3 is 3.15 bits per heavy atom. The second-order valence-corrected chi connectivity index (χ2v) is 5.02. The van der Waals surface area contributed by atoms with Gasteiger partial charge in [0.05, 0.1) is 23.6 Å². The van der Waals surface area contributed by atoms with Crippen molar-refractivity contribution in [1.29, 1.82) is 0 Å². The van der Waals surface area contributed by atoms with Crippen LogP contribution in [0.2, 0.25) is 0 Å². The molecule has 1 aliphatic rings. The zero-order valence-corrected chi connectivity index (χ0v) is 11.0. The van der Waals surface area contributed by atoms with Crippen LogP contribution >= 0.6 is 0 Å². The molecule has 0 radical (unpaired) electrons. The van der Waals surface area contributed by atoms with E-state index in [4.69, 9.17) is 4.74 Å². The largest absolute Gasteiger partial charge is 0.357 e. The number of nitrogens with one attached hydrogen (secondary N) is 1. The van der Waals surface area contributed by atoms with Gasteiger partial charge in [-0.2, -0.15) is 10.2 Å². The van der Waals surface area contributed by atoms with Crippen LogP contribution in [-0.4, -0.2) is 31.6 Å². The van der Waals surface area contributed by atoms with Crippen LogP contribution in [-0.2, 0) is 4.74 Å². The lowest BCUT2D eigenvalue weighted by Crippen LogP contribution is -2.18. The van der Waals surface area contributed by atoms with Crippen LogP contribution in [0.15, 0.2) is 30.9 Å². The Morgan fingerprint density at radius 1 is 1.25 bits per heavy atom. The summed E-state index contributed by atoms with van der Waals surface area (Å²) in [5.41, 5.74) is 2.82. The van der Waals surface area contributed by atoms with Crippen LogP contribution in [0, 0.1) is 0 Å². The van der Waals surface area contributed by atoms with Crippen molar-refractivity contribution in [3.05, 3.63) is 30.9 Å². The maximum absolute atomic E-state index is 5.75. The van der Waals surface area contributed by atoms with E-state index in [9.17, 15) is 0 Å². The Labute approximate surface area is 115 Å². The molecule has 1 N–H and O–H groups in total.